The average molecular weight is 285 g/mol. The minimum absolute atomic E-state index is 0.0253. The van der Waals surface area contributed by atoms with Crippen LogP contribution in [0.15, 0.2) is 12.1 Å². The van der Waals surface area contributed by atoms with Gasteiger partial charge in [0.2, 0.25) is 5.91 Å². The summed E-state index contributed by atoms with van der Waals surface area (Å²) < 4.78 is 38.9. The van der Waals surface area contributed by atoms with Gasteiger partial charge in [-0.1, -0.05) is 0 Å². The van der Waals surface area contributed by atoms with Gasteiger partial charge in [0.15, 0.2) is 17.5 Å². The second-order valence-corrected chi connectivity index (χ2v) is 3.66. The van der Waals surface area contributed by atoms with Crippen LogP contribution in [0.2, 0.25) is 0 Å². The summed E-state index contributed by atoms with van der Waals surface area (Å²) in [6, 6.07) is 3.09. The first kappa shape index (κ1) is 15.5. The van der Waals surface area contributed by atoms with E-state index in [1.54, 1.807) is 6.07 Å². The molecule has 0 aliphatic carbocycles. The number of carbonyl (C=O) groups excluding carboxylic acids is 2. The molecule has 0 aliphatic rings. The molecule has 0 aliphatic heterocycles. The summed E-state index contributed by atoms with van der Waals surface area (Å²) in [7, 11) is 0. The van der Waals surface area contributed by atoms with Gasteiger partial charge in [-0.25, -0.2) is 13.2 Å². The minimum Gasteiger partial charge on any atom is -0.353 e. The molecule has 0 unspecified atom stereocenters. The standard InChI is InChI=1S/C12H10F3N3O2/c13-8-2-1-7(10(14)11(8)15)12(20)18-6-5-17-9(19)3-4-16/h1-2H,3,5-6H2,(H,17,19)(H,18,20). The van der Waals surface area contributed by atoms with Crippen LogP contribution in [0.25, 0.3) is 0 Å². The molecule has 0 saturated heterocycles. The quantitative estimate of drug-likeness (QED) is 0.622. The highest BCUT2D eigenvalue weighted by atomic mass is 19.2. The Hall–Kier alpha value is -2.56. The van der Waals surface area contributed by atoms with Crippen LogP contribution >= 0.6 is 0 Å². The van der Waals surface area contributed by atoms with Gasteiger partial charge in [-0.05, 0) is 12.1 Å². The topological polar surface area (TPSA) is 82.0 Å². The number of amides is 2. The van der Waals surface area contributed by atoms with Gasteiger partial charge in [-0.2, -0.15) is 5.26 Å². The zero-order valence-electron chi connectivity index (χ0n) is 10.2. The van der Waals surface area contributed by atoms with E-state index in [1.807, 2.05) is 0 Å². The van der Waals surface area contributed by atoms with Crippen LogP contribution in [-0.2, 0) is 4.79 Å². The Morgan fingerprint density at radius 2 is 1.75 bits per heavy atom. The number of hydrogen-bond donors (Lipinski definition) is 2. The van der Waals surface area contributed by atoms with E-state index in [1.165, 1.54) is 0 Å². The Morgan fingerprint density at radius 1 is 1.10 bits per heavy atom. The summed E-state index contributed by atoms with van der Waals surface area (Å²) in [6.07, 6.45) is -0.314. The third-order valence-electron chi connectivity index (χ3n) is 2.25. The lowest BCUT2D eigenvalue weighted by atomic mass is 10.2. The summed E-state index contributed by atoms with van der Waals surface area (Å²) in [5.74, 6) is -6.13. The predicted octanol–water partition coefficient (Wildman–Crippen LogP) is 0.864. The number of nitriles is 1. The molecule has 1 rings (SSSR count). The maximum absolute atomic E-state index is 13.3. The van der Waals surface area contributed by atoms with E-state index in [0.717, 1.165) is 6.07 Å². The molecule has 0 bridgehead atoms. The first-order valence-corrected chi connectivity index (χ1v) is 5.52. The van der Waals surface area contributed by atoms with E-state index >= 15 is 0 Å². The maximum atomic E-state index is 13.3. The molecule has 0 radical (unpaired) electrons. The molecule has 20 heavy (non-hydrogen) atoms. The molecule has 0 spiro atoms. The smallest absolute Gasteiger partial charge is 0.254 e. The van der Waals surface area contributed by atoms with E-state index in [-0.39, 0.29) is 19.5 Å². The summed E-state index contributed by atoms with van der Waals surface area (Å²) in [6.45, 7) is -0.0218. The summed E-state index contributed by atoms with van der Waals surface area (Å²) in [5, 5.41) is 12.8. The van der Waals surface area contributed by atoms with E-state index in [2.05, 4.69) is 10.6 Å². The van der Waals surface area contributed by atoms with Crippen molar-refractivity contribution in [2.75, 3.05) is 13.1 Å². The number of carbonyl (C=O) groups is 2. The summed E-state index contributed by atoms with van der Waals surface area (Å²) in [5.41, 5.74) is -0.632. The monoisotopic (exact) mass is 285 g/mol. The number of benzene rings is 1. The van der Waals surface area contributed by atoms with Gasteiger partial charge in [0.25, 0.3) is 5.91 Å². The van der Waals surface area contributed by atoms with Crippen LogP contribution < -0.4 is 10.6 Å². The lowest BCUT2D eigenvalue weighted by molar-refractivity contribution is -0.120. The molecule has 0 atom stereocenters. The molecular weight excluding hydrogens is 275 g/mol. The lowest BCUT2D eigenvalue weighted by Gasteiger charge is -2.07. The lowest BCUT2D eigenvalue weighted by Crippen LogP contribution is -2.34. The molecule has 0 fully saturated rings. The Balaban J connectivity index is 2.50. The maximum Gasteiger partial charge on any atom is 0.254 e. The van der Waals surface area contributed by atoms with Gasteiger partial charge in [0, 0.05) is 13.1 Å². The molecule has 106 valence electrons. The fraction of sp³-hybridized carbons (Fsp3) is 0.250. The van der Waals surface area contributed by atoms with Crippen molar-refractivity contribution in [3.05, 3.63) is 35.1 Å². The highest BCUT2D eigenvalue weighted by Crippen LogP contribution is 2.14. The van der Waals surface area contributed by atoms with Crippen LogP contribution in [0.5, 0.6) is 0 Å². The third-order valence-corrected chi connectivity index (χ3v) is 2.25. The van der Waals surface area contributed by atoms with Crippen LogP contribution in [-0.4, -0.2) is 24.9 Å². The number of nitrogens with one attached hydrogen (secondary N) is 2. The van der Waals surface area contributed by atoms with Gasteiger partial charge in [0.1, 0.15) is 6.42 Å². The number of halogens is 3. The molecule has 5 nitrogen and oxygen atoms in total. The molecule has 0 saturated carbocycles. The van der Waals surface area contributed by atoms with Gasteiger partial charge in [-0.3, -0.25) is 9.59 Å². The number of rotatable bonds is 5. The van der Waals surface area contributed by atoms with Gasteiger partial charge in [0.05, 0.1) is 11.6 Å². The van der Waals surface area contributed by atoms with Crippen molar-refractivity contribution in [2.45, 2.75) is 6.42 Å². The molecular formula is C12H10F3N3O2. The molecule has 0 heterocycles. The van der Waals surface area contributed by atoms with Crippen molar-refractivity contribution in [2.24, 2.45) is 0 Å². The van der Waals surface area contributed by atoms with Crippen LogP contribution in [0.4, 0.5) is 13.2 Å². The van der Waals surface area contributed by atoms with Crippen molar-refractivity contribution < 1.29 is 22.8 Å². The second-order valence-electron chi connectivity index (χ2n) is 3.66. The third kappa shape index (κ3) is 3.98. The second kappa shape index (κ2) is 7.13. The minimum atomic E-state index is -1.72. The summed E-state index contributed by atoms with van der Waals surface area (Å²) in [4.78, 5) is 22.4. The molecule has 8 heteroatoms. The van der Waals surface area contributed by atoms with E-state index in [0.29, 0.717) is 6.07 Å². The normalized spacial score (nSPS) is 9.70. The van der Waals surface area contributed by atoms with Gasteiger partial charge < -0.3 is 10.6 Å². The van der Waals surface area contributed by atoms with Crippen LogP contribution in [0.1, 0.15) is 16.8 Å². The Kier molecular flexibility index (Phi) is 5.53. The van der Waals surface area contributed by atoms with Crippen molar-refractivity contribution in [1.29, 1.82) is 5.26 Å². The van der Waals surface area contributed by atoms with E-state index in [9.17, 15) is 22.8 Å². The molecule has 2 N–H and O–H groups in total. The van der Waals surface area contributed by atoms with Crippen molar-refractivity contribution >= 4 is 11.8 Å². The van der Waals surface area contributed by atoms with Crippen molar-refractivity contribution in [3.8, 4) is 6.07 Å². The Bertz CT molecular complexity index is 570. The number of hydrogen-bond acceptors (Lipinski definition) is 3. The molecule has 0 aromatic heterocycles. The molecule has 1 aromatic rings. The van der Waals surface area contributed by atoms with E-state index < -0.39 is 34.8 Å². The Morgan fingerprint density at radius 3 is 2.40 bits per heavy atom. The highest BCUT2D eigenvalue weighted by Gasteiger charge is 2.18. The van der Waals surface area contributed by atoms with E-state index in [4.69, 9.17) is 5.26 Å². The highest BCUT2D eigenvalue weighted by molar-refractivity contribution is 5.94. The predicted molar refractivity (Wildman–Crippen MR) is 61.9 cm³/mol. The average Bonchev–Trinajstić information content (AvgIpc) is 2.41. The first-order chi connectivity index (χ1) is 9.47. The fourth-order valence-electron chi connectivity index (χ4n) is 1.31. The van der Waals surface area contributed by atoms with Crippen molar-refractivity contribution in [3.63, 3.8) is 0 Å². The van der Waals surface area contributed by atoms with Crippen molar-refractivity contribution in [1.82, 2.24) is 10.6 Å². The van der Waals surface area contributed by atoms with Crippen LogP contribution in [0, 0.1) is 28.8 Å². The van der Waals surface area contributed by atoms with Crippen LogP contribution in [0.3, 0.4) is 0 Å². The largest absolute Gasteiger partial charge is 0.353 e. The zero-order valence-corrected chi connectivity index (χ0v) is 10.2. The summed E-state index contributed by atoms with van der Waals surface area (Å²) >= 11 is 0. The molecule has 1 aromatic carbocycles. The fourth-order valence-corrected chi connectivity index (χ4v) is 1.31. The molecule has 2 amide bonds. The van der Waals surface area contributed by atoms with Gasteiger partial charge in [-0.15, -0.1) is 0 Å². The first-order valence-electron chi connectivity index (χ1n) is 5.52. The zero-order chi connectivity index (χ0) is 15.1. The van der Waals surface area contributed by atoms with Gasteiger partial charge >= 0.3 is 0 Å². The SMILES string of the molecule is N#CCC(=O)NCCNC(=O)c1ccc(F)c(F)c1F. The number of nitrogens with zero attached hydrogens (tertiary/aromatic N) is 1. The Labute approximate surface area is 112 Å².